The molecular formula is C27H22F3N3O5. The average Bonchev–Trinajstić information content (AvgIpc) is 2.91. The molecule has 0 bridgehead atoms. The number of aromatic nitrogens is 2. The van der Waals surface area contributed by atoms with Crippen molar-refractivity contribution in [2.75, 3.05) is 20.3 Å². The Kier molecular flexibility index (Phi) is 7.75. The third-order valence-corrected chi connectivity index (χ3v) is 5.38. The normalized spacial score (nSPS) is 11.6. The van der Waals surface area contributed by atoms with E-state index in [1.807, 2.05) is 0 Å². The van der Waals surface area contributed by atoms with E-state index in [1.165, 1.54) is 25.5 Å². The number of halogens is 3. The monoisotopic (exact) mass is 525 g/mol. The van der Waals surface area contributed by atoms with Gasteiger partial charge >= 0.3 is 12.1 Å². The van der Waals surface area contributed by atoms with Crippen LogP contribution in [0.5, 0.6) is 11.5 Å². The van der Waals surface area contributed by atoms with Crippen LogP contribution >= 0.6 is 0 Å². The van der Waals surface area contributed by atoms with Crippen LogP contribution in [0.15, 0.2) is 76.6 Å². The molecule has 0 spiro atoms. The molecule has 196 valence electrons. The van der Waals surface area contributed by atoms with E-state index in [0.717, 1.165) is 16.8 Å². The number of hydrogen-bond acceptors (Lipinski definition) is 7. The van der Waals surface area contributed by atoms with Crippen LogP contribution in [-0.4, -0.2) is 42.2 Å². The summed E-state index contributed by atoms with van der Waals surface area (Å²) in [5.41, 5.74) is -0.796. The highest BCUT2D eigenvalue weighted by atomic mass is 19.4. The lowest BCUT2D eigenvalue weighted by molar-refractivity contribution is -0.145. The van der Waals surface area contributed by atoms with E-state index in [1.54, 1.807) is 49.4 Å². The molecule has 8 nitrogen and oxygen atoms in total. The maximum atomic E-state index is 13.4. The predicted octanol–water partition coefficient (Wildman–Crippen LogP) is 4.92. The van der Waals surface area contributed by atoms with Crippen molar-refractivity contribution in [1.29, 1.82) is 0 Å². The number of esters is 1. The Labute approximate surface area is 214 Å². The molecule has 0 aliphatic heterocycles. The predicted molar refractivity (Wildman–Crippen MR) is 135 cm³/mol. The van der Waals surface area contributed by atoms with Crippen LogP contribution in [0.25, 0.3) is 22.3 Å². The van der Waals surface area contributed by atoms with Crippen LogP contribution in [0.2, 0.25) is 0 Å². The summed E-state index contributed by atoms with van der Waals surface area (Å²) < 4.78 is 57.0. The van der Waals surface area contributed by atoms with Crippen LogP contribution in [0, 0.1) is 0 Å². The second-order valence-electron chi connectivity index (χ2n) is 7.86. The molecule has 0 saturated heterocycles. The fraction of sp³-hybridized carbons (Fsp3) is 0.185. The molecule has 4 aromatic rings. The van der Waals surface area contributed by atoms with Crippen molar-refractivity contribution in [2.24, 2.45) is 5.10 Å². The second kappa shape index (κ2) is 11.2. The SMILES string of the molecule is CCOC(=O)COc1c(C=Nn2c(-c3cccc(C(F)(F)F)c3)nc3ccccc3c2=O)cccc1OC. The van der Waals surface area contributed by atoms with E-state index in [4.69, 9.17) is 14.2 Å². The van der Waals surface area contributed by atoms with Gasteiger partial charge in [-0.15, -0.1) is 0 Å². The Morgan fingerprint density at radius 1 is 1.08 bits per heavy atom. The van der Waals surface area contributed by atoms with Gasteiger partial charge in [0.15, 0.2) is 23.9 Å². The number of para-hydroxylation sites is 2. The Morgan fingerprint density at radius 2 is 1.84 bits per heavy atom. The van der Waals surface area contributed by atoms with E-state index >= 15 is 0 Å². The molecule has 3 aromatic carbocycles. The minimum Gasteiger partial charge on any atom is -0.493 e. The fourth-order valence-corrected chi connectivity index (χ4v) is 3.66. The highest BCUT2D eigenvalue weighted by molar-refractivity contribution is 5.86. The zero-order valence-corrected chi connectivity index (χ0v) is 20.4. The molecule has 1 aromatic heterocycles. The maximum absolute atomic E-state index is 13.4. The van der Waals surface area contributed by atoms with Crippen LogP contribution < -0.4 is 15.0 Å². The van der Waals surface area contributed by atoms with Gasteiger partial charge in [0.1, 0.15) is 0 Å². The zero-order chi connectivity index (χ0) is 27.3. The lowest BCUT2D eigenvalue weighted by atomic mass is 10.1. The standard InChI is InChI=1S/C27H22F3N3O5/c1-3-37-23(34)16-38-24-18(9-7-13-22(24)36-2)15-31-33-25(17-8-6-10-19(14-17)27(28,29)30)32-21-12-5-4-11-20(21)26(33)35/h4-15H,3,16H2,1-2H3. The van der Waals surface area contributed by atoms with E-state index < -0.39 is 29.9 Å². The van der Waals surface area contributed by atoms with Crippen molar-refractivity contribution in [1.82, 2.24) is 9.66 Å². The zero-order valence-electron chi connectivity index (χ0n) is 20.4. The lowest BCUT2D eigenvalue weighted by Gasteiger charge is -2.14. The van der Waals surface area contributed by atoms with Crippen LogP contribution in [0.3, 0.4) is 0 Å². The van der Waals surface area contributed by atoms with E-state index in [-0.39, 0.29) is 29.1 Å². The van der Waals surface area contributed by atoms with Crippen LogP contribution in [0.1, 0.15) is 18.1 Å². The molecule has 38 heavy (non-hydrogen) atoms. The minimum atomic E-state index is -4.59. The molecule has 11 heteroatoms. The molecule has 0 saturated carbocycles. The van der Waals surface area contributed by atoms with Gasteiger partial charge in [-0.25, -0.2) is 9.78 Å². The molecule has 4 rings (SSSR count). The fourth-order valence-electron chi connectivity index (χ4n) is 3.66. The van der Waals surface area contributed by atoms with Crippen molar-refractivity contribution < 1.29 is 32.2 Å². The number of methoxy groups -OCH3 is 1. The Balaban J connectivity index is 1.85. The van der Waals surface area contributed by atoms with Gasteiger partial charge in [-0.2, -0.15) is 22.9 Å². The summed E-state index contributed by atoms with van der Waals surface area (Å²) in [6, 6.07) is 15.8. The summed E-state index contributed by atoms with van der Waals surface area (Å²) in [6.07, 6.45) is -3.31. The molecule has 0 aliphatic carbocycles. The number of nitrogens with zero attached hydrogens (tertiary/aromatic N) is 3. The van der Waals surface area contributed by atoms with Gasteiger partial charge in [-0.1, -0.05) is 30.3 Å². The Hall–Kier alpha value is -4.67. The van der Waals surface area contributed by atoms with Gasteiger partial charge in [0.25, 0.3) is 5.56 Å². The number of benzene rings is 3. The van der Waals surface area contributed by atoms with Crippen LogP contribution in [-0.2, 0) is 15.7 Å². The van der Waals surface area contributed by atoms with E-state index in [2.05, 4.69) is 10.1 Å². The Morgan fingerprint density at radius 3 is 2.58 bits per heavy atom. The summed E-state index contributed by atoms with van der Waals surface area (Å²) in [6.45, 7) is 1.44. The molecule has 0 radical (unpaired) electrons. The summed E-state index contributed by atoms with van der Waals surface area (Å²) in [7, 11) is 1.41. The van der Waals surface area contributed by atoms with Gasteiger partial charge in [0.05, 0.1) is 36.4 Å². The second-order valence-corrected chi connectivity index (χ2v) is 7.86. The van der Waals surface area contributed by atoms with E-state index in [0.29, 0.717) is 16.8 Å². The van der Waals surface area contributed by atoms with Crippen molar-refractivity contribution in [3.8, 4) is 22.9 Å². The molecular weight excluding hydrogens is 503 g/mol. The Bertz CT molecular complexity index is 1560. The summed E-state index contributed by atoms with van der Waals surface area (Å²) in [5.74, 6) is -0.231. The number of alkyl halides is 3. The van der Waals surface area contributed by atoms with Gasteiger partial charge in [-0.05, 0) is 43.3 Å². The summed E-state index contributed by atoms with van der Waals surface area (Å²) >= 11 is 0. The topological polar surface area (TPSA) is 92.0 Å². The molecule has 0 fully saturated rings. The minimum absolute atomic E-state index is 0.0456. The molecule has 0 N–H and O–H groups in total. The van der Waals surface area contributed by atoms with Gasteiger partial charge in [-0.3, -0.25) is 4.79 Å². The van der Waals surface area contributed by atoms with Crippen LogP contribution in [0.4, 0.5) is 13.2 Å². The molecule has 0 amide bonds. The summed E-state index contributed by atoms with van der Waals surface area (Å²) in [4.78, 5) is 29.7. The van der Waals surface area contributed by atoms with Crippen molar-refractivity contribution in [2.45, 2.75) is 13.1 Å². The first-order chi connectivity index (χ1) is 18.2. The third-order valence-electron chi connectivity index (χ3n) is 5.38. The molecule has 1 heterocycles. The maximum Gasteiger partial charge on any atom is 0.416 e. The lowest BCUT2D eigenvalue weighted by Crippen LogP contribution is -2.20. The summed E-state index contributed by atoms with van der Waals surface area (Å²) in [5, 5.41) is 4.50. The van der Waals surface area contributed by atoms with Crippen molar-refractivity contribution >= 4 is 23.1 Å². The molecule has 0 atom stereocenters. The number of fused-ring (bicyclic) bond motifs is 1. The highest BCUT2D eigenvalue weighted by Crippen LogP contribution is 2.32. The first-order valence-corrected chi connectivity index (χ1v) is 11.4. The largest absolute Gasteiger partial charge is 0.493 e. The highest BCUT2D eigenvalue weighted by Gasteiger charge is 2.31. The number of carbonyl (C=O) groups is 1. The first kappa shape index (κ1) is 26.4. The quantitative estimate of drug-likeness (QED) is 0.240. The molecule has 0 aliphatic rings. The first-order valence-electron chi connectivity index (χ1n) is 11.4. The smallest absolute Gasteiger partial charge is 0.416 e. The third kappa shape index (κ3) is 5.66. The van der Waals surface area contributed by atoms with Crippen molar-refractivity contribution in [3.63, 3.8) is 0 Å². The van der Waals surface area contributed by atoms with Crippen molar-refractivity contribution in [3.05, 3.63) is 88.2 Å². The average molecular weight is 525 g/mol. The number of rotatable bonds is 8. The molecule has 0 unspecified atom stereocenters. The van der Waals surface area contributed by atoms with Gasteiger partial charge in [0.2, 0.25) is 0 Å². The number of ether oxygens (including phenoxy) is 3. The van der Waals surface area contributed by atoms with E-state index in [9.17, 15) is 22.8 Å². The van der Waals surface area contributed by atoms with Gasteiger partial charge in [0, 0.05) is 11.1 Å². The number of carbonyl (C=O) groups excluding carboxylic acids is 1. The number of hydrogen-bond donors (Lipinski definition) is 0. The van der Waals surface area contributed by atoms with Gasteiger partial charge < -0.3 is 14.2 Å².